The highest BCUT2D eigenvalue weighted by atomic mass is 127. The van der Waals surface area contributed by atoms with Gasteiger partial charge in [-0.1, -0.05) is 0 Å². The molecular formula is C9H14IN3O2. The summed E-state index contributed by atoms with van der Waals surface area (Å²) >= 11 is 1.73. The lowest BCUT2D eigenvalue weighted by atomic mass is 10.2. The highest BCUT2D eigenvalue weighted by Crippen LogP contribution is 2.12. The molecule has 1 fully saturated rings. The van der Waals surface area contributed by atoms with E-state index in [0.29, 0.717) is 13.1 Å². The number of amides is 1. The molecule has 0 unspecified atom stereocenters. The third-order valence-electron chi connectivity index (χ3n) is 2.20. The monoisotopic (exact) mass is 323 g/mol. The van der Waals surface area contributed by atoms with Crippen molar-refractivity contribution in [2.45, 2.75) is 6.92 Å². The number of carbonyl (C=O) groups is 1. The molecule has 6 heteroatoms. The molecule has 1 heterocycles. The highest BCUT2D eigenvalue weighted by molar-refractivity contribution is 14.1. The van der Waals surface area contributed by atoms with Crippen LogP contribution in [0, 0.1) is 5.41 Å². The van der Waals surface area contributed by atoms with Gasteiger partial charge in [-0.2, -0.15) is 0 Å². The fraction of sp³-hybridized carbons (Fsp3) is 0.556. The Kier molecular flexibility index (Phi) is 4.52. The second kappa shape index (κ2) is 5.45. The Morgan fingerprint density at radius 2 is 2.00 bits per heavy atom. The van der Waals surface area contributed by atoms with Gasteiger partial charge in [0.15, 0.2) is 0 Å². The number of halogens is 1. The van der Waals surface area contributed by atoms with Crippen LogP contribution in [0.25, 0.3) is 0 Å². The van der Waals surface area contributed by atoms with Gasteiger partial charge >= 0.3 is 0 Å². The molecule has 3 N–H and O–H groups in total. The maximum atomic E-state index is 11.9. The summed E-state index contributed by atoms with van der Waals surface area (Å²) in [5.74, 6) is -0.339. The maximum absolute atomic E-state index is 11.9. The van der Waals surface area contributed by atoms with Gasteiger partial charge in [0.25, 0.3) is 5.91 Å². The fourth-order valence-electron chi connectivity index (χ4n) is 1.43. The number of nitrogens with one attached hydrogen (secondary N) is 2. The summed E-state index contributed by atoms with van der Waals surface area (Å²) < 4.78 is 0.0798. The smallest absolute Gasteiger partial charge is 0.260 e. The average molecular weight is 323 g/mol. The van der Waals surface area contributed by atoms with E-state index in [4.69, 9.17) is 5.41 Å². The molecule has 0 spiro atoms. The van der Waals surface area contributed by atoms with Crippen LogP contribution in [0.2, 0.25) is 0 Å². The minimum Gasteiger partial charge on any atom is -0.512 e. The zero-order valence-corrected chi connectivity index (χ0v) is 10.7. The Hall–Kier alpha value is -0.630. The van der Waals surface area contributed by atoms with Crippen LogP contribution in [0.5, 0.6) is 0 Å². The van der Waals surface area contributed by atoms with Gasteiger partial charge in [0.05, 0.1) is 0 Å². The molecule has 1 amide bonds. The number of hydrogen-bond donors (Lipinski definition) is 3. The second-order valence-corrected chi connectivity index (χ2v) is 4.40. The topological polar surface area (TPSA) is 76.4 Å². The molecule has 0 saturated carbocycles. The van der Waals surface area contributed by atoms with Gasteiger partial charge in [-0.25, -0.2) is 0 Å². The predicted molar refractivity (Wildman–Crippen MR) is 66.5 cm³/mol. The minimum absolute atomic E-state index is 0.0798. The van der Waals surface area contributed by atoms with Gasteiger partial charge in [-0.15, -0.1) is 0 Å². The molecule has 0 bridgehead atoms. The number of aliphatic hydroxyl groups is 1. The third kappa shape index (κ3) is 3.16. The van der Waals surface area contributed by atoms with Gasteiger partial charge in [0, 0.05) is 26.2 Å². The van der Waals surface area contributed by atoms with E-state index in [-0.39, 0.29) is 21.0 Å². The zero-order chi connectivity index (χ0) is 11.4. The number of hydrogen-bond acceptors (Lipinski definition) is 4. The van der Waals surface area contributed by atoms with Crippen molar-refractivity contribution in [2.75, 3.05) is 26.2 Å². The molecule has 1 aliphatic rings. The van der Waals surface area contributed by atoms with Crippen molar-refractivity contribution in [3.8, 4) is 0 Å². The van der Waals surface area contributed by atoms with Gasteiger partial charge in [-0.05, 0) is 29.5 Å². The molecule has 0 aromatic rings. The number of piperazine rings is 1. The van der Waals surface area contributed by atoms with E-state index in [2.05, 4.69) is 5.32 Å². The second-order valence-electron chi connectivity index (χ2n) is 3.32. The number of rotatable bonds is 2. The van der Waals surface area contributed by atoms with Crippen molar-refractivity contribution in [2.24, 2.45) is 0 Å². The third-order valence-corrected chi connectivity index (χ3v) is 2.74. The number of carbonyl (C=O) groups excluding carboxylic acids is 1. The van der Waals surface area contributed by atoms with Gasteiger partial charge in [0.2, 0.25) is 0 Å². The molecule has 1 aliphatic heterocycles. The molecular weight excluding hydrogens is 309 g/mol. The standard InChI is InChI=1S/C9H14IN3O2/c1-6(14)7(8(10)11)9(15)13-4-2-12-3-5-13/h11-12,14H,2-5H2,1H3/b7-6+,11-8?. The van der Waals surface area contributed by atoms with Crippen LogP contribution >= 0.6 is 22.6 Å². The van der Waals surface area contributed by atoms with E-state index in [1.165, 1.54) is 6.92 Å². The van der Waals surface area contributed by atoms with E-state index in [1.807, 2.05) is 0 Å². The van der Waals surface area contributed by atoms with E-state index in [1.54, 1.807) is 27.5 Å². The molecule has 15 heavy (non-hydrogen) atoms. The lowest BCUT2D eigenvalue weighted by Gasteiger charge is -2.28. The van der Waals surface area contributed by atoms with Crippen LogP contribution in [-0.4, -0.2) is 45.8 Å². The highest BCUT2D eigenvalue weighted by Gasteiger charge is 2.23. The Labute approximate surface area is 102 Å². The maximum Gasteiger partial charge on any atom is 0.260 e. The molecule has 0 radical (unpaired) electrons. The molecule has 1 saturated heterocycles. The Balaban J connectivity index is 2.81. The van der Waals surface area contributed by atoms with E-state index >= 15 is 0 Å². The van der Waals surface area contributed by atoms with Crippen LogP contribution in [0.1, 0.15) is 6.92 Å². The number of aliphatic hydroxyl groups excluding tert-OH is 1. The predicted octanol–water partition coefficient (Wildman–Crippen LogP) is 0.662. The van der Waals surface area contributed by atoms with Crippen molar-refractivity contribution < 1.29 is 9.90 Å². The van der Waals surface area contributed by atoms with Crippen molar-refractivity contribution in [1.29, 1.82) is 5.41 Å². The van der Waals surface area contributed by atoms with Gasteiger partial charge < -0.3 is 15.3 Å². The normalized spacial score (nSPS) is 18.4. The summed E-state index contributed by atoms with van der Waals surface area (Å²) in [6.07, 6.45) is 0. The summed E-state index contributed by atoms with van der Waals surface area (Å²) in [5.41, 5.74) is 0.109. The van der Waals surface area contributed by atoms with Crippen LogP contribution in [0.3, 0.4) is 0 Å². The first kappa shape index (κ1) is 12.4. The number of allylic oxidation sites excluding steroid dienone is 1. The first-order valence-corrected chi connectivity index (χ1v) is 5.76. The summed E-state index contributed by atoms with van der Waals surface area (Å²) in [6, 6.07) is 0. The van der Waals surface area contributed by atoms with Crippen molar-refractivity contribution in [1.82, 2.24) is 10.2 Å². The van der Waals surface area contributed by atoms with Gasteiger partial charge in [-0.3, -0.25) is 10.2 Å². The molecule has 0 atom stereocenters. The van der Waals surface area contributed by atoms with Crippen molar-refractivity contribution in [3.05, 3.63) is 11.3 Å². The Bertz CT molecular complexity index is 304. The molecule has 5 nitrogen and oxygen atoms in total. The molecule has 0 aromatic carbocycles. The van der Waals surface area contributed by atoms with Crippen molar-refractivity contribution in [3.63, 3.8) is 0 Å². The molecule has 0 aromatic heterocycles. The SMILES string of the molecule is C/C(O)=C(/C(=N)I)C(=O)N1CCNCC1. The van der Waals surface area contributed by atoms with E-state index < -0.39 is 0 Å². The zero-order valence-electron chi connectivity index (χ0n) is 8.51. The fourth-order valence-corrected chi connectivity index (χ4v) is 2.05. The number of nitrogens with zero attached hydrogens (tertiary/aromatic N) is 1. The molecule has 1 rings (SSSR count). The van der Waals surface area contributed by atoms with Crippen LogP contribution in [0.15, 0.2) is 11.3 Å². The Morgan fingerprint density at radius 1 is 1.47 bits per heavy atom. The largest absolute Gasteiger partial charge is 0.512 e. The quantitative estimate of drug-likeness (QED) is 0.302. The van der Waals surface area contributed by atoms with E-state index in [0.717, 1.165) is 13.1 Å². The summed E-state index contributed by atoms with van der Waals surface area (Å²) in [4.78, 5) is 13.6. The van der Waals surface area contributed by atoms with Crippen LogP contribution < -0.4 is 5.32 Å². The lowest BCUT2D eigenvalue weighted by Crippen LogP contribution is -2.47. The summed E-state index contributed by atoms with van der Waals surface area (Å²) in [5, 5.41) is 19.9. The minimum atomic E-state index is -0.254. The molecule has 0 aliphatic carbocycles. The molecule has 84 valence electrons. The van der Waals surface area contributed by atoms with E-state index in [9.17, 15) is 9.90 Å². The van der Waals surface area contributed by atoms with Crippen molar-refractivity contribution >= 4 is 32.2 Å². The van der Waals surface area contributed by atoms with Crippen LogP contribution in [-0.2, 0) is 4.79 Å². The summed E-state index contributed by atoms with van der Waals surface area (Å²) in [7, 11) is 0. The first-order valence-electron chi connectivity index (χ1n) is 4.68. The van der Waals surface area contributed by atoms with Crippen LogP contribution in [0.4, 0.5) is 0 Å². The Morgan fingerprint density at radius 3 is 2.40 bits per heavy atom. The first-order chi connectivity index (χ1) is 7.04. The van der Waals surface area contributed by atoms with Gasteiger partial charge in [0.1, 0.15) is 15.1 Å². The lowest BCUT2D eigenvalue weighted by molar-refractivity contribution is -0.127. The summed E-state index contributed by atoms with van der Waals surface area (Å²) in [6.45, 7) is 4.21. The average Bonchev–Trinajstić information content (AvgIpc) is 2.18.